The minimum atomic E-state index is -0.417. The molecular formula is C16H33BN3O2+. The Kier molecular flexibility index (Phi) is 7.59. The van der Waals surface area contributed by atoms with E-state index in [1.165, 1.54) is 19.3 Å². The lowest BCUT2D eigenvalue weighted by molar-refractivity contribution is -0.448. The van der Waals surface area contributed by atoms with Gasteiger partial charge in [0.15, 0.2) is 12.8 Å². The average molecular weight is 310 g/mol. The molecule has 0 amide bonds. The number of rotatable bonds is 9. The van der Waals surface area contributed by atoms with Gasteiger partial charge in [-0.1, -0.05) is 19.8 Å². The van der Waals surface area contributed by atoms with Crippen LogP contribution in [-0.4, -0.2) is 44.2 Å². The highest BCUT2D eigenvalue weighted by Crippen LogP contribution is 2.37. The SMILES string of the molecule is CCCCCNCC[NH+]=CC(=CN)B1OC(C)(C)C(C)(C)O1. The van der Waals surface area contributed by atoms with Gasteiger partial charge in [0.1, 0.15) is 0 Å². The molecule has 1 heterocycles. The molecule has 5 nitrogen and oxygen atoms in total. The number of hydrogen-bond acceptors (Lipinski definition) is 4. The maximum Gasteiger partial charge on any atom is 0.502 e. The molecule has 0 saturated carbocycles. The molecule has 1 saturated heterocycles. The number of hydrogen-bond donors (Lipinski definition) is 3. The van der Waals surface area contributed by atoms with Crippen molar-refractivity contribution < 1.29 is 14.3 Å². The molecule has 0 aromatic rings. The predicted molar refractivity (Wildman–Crippen MR) is 92.6 cm³/mol. The highest BCUT2D eigenvalue weighted by Gasteiger charge is 2.52. The molecule has 1 fully saturated rings. The monoisotopic (exact) mass is 310 g/mol. The second-order valence-corrected chi connectivity index (χ2v) is 6.81. The molecule has 4 N–H and O–H groups in total. The van der Waals surface area contributed by atoms with Gasteiger partial charge < -0.3 is 20.4 Å². The minimum absolute atomic E-state index is 0.347. The number of unbranched alkanes of at least 4 members (excludes halogenated alkanes) is 2. The van der Waals surface area contributed by atoms with Gasteiger partial charge in [0.05, 0.1) is 23.2 Å². The van der Waals surface area contributed by atoms with Crippen molar-refractivity contribution in [3.05, 3.63) is 11.7 Å². The van der Waals surface area contributed by atoms with Gasteiger partial charge in [0, 0.05) is 0 Å². The van der Waals surface area contributed by atoms with E-state index in [0.717, 1.165) is 25.1 Å². The molecule has 0 aromatic carbocycles. The van der Waals surface area contributed by atoms with Gasteiger partial charge in [-0.05, 0) is 46.9 Å². The zero-order valence-electron chi connectivity index (χ0n) is 14.9. The Hall–Kier alpha value is -0.845. The van der Waals surface area contributed by atoms with E-state index in [9.17, 15) is 0 Å². The first-order valence-electron chi connectivity index (χ1n) is 8.39. The number of nitrogens with one attached hydrogen (secondary N) is 2. The number of nitrogens with two attached hydrogens (primary N) is 1. The smallest absolute Gasteiger partial charge is 0.405 e. The van der Waals surface area contributed by atoms with Gasteiger partial charge in [-0.25, -0.2) is 4.99 Å². The molecule has 22 heavy (non-hydrogen) atoms. The van der Waals surface area contributed by atoms with Gasteiger partial charge in [0.2, 0.25) is 0 Å². The van der Waals surface area contributed by atoms with Crippen LogP contribution in [-0.2, 0) is 9.31 Å². The van der Waals surface area contributed by atoms with Crippen LogP contribution in [0.2, 0.25) is 0 Å². The van der Waals surface area contributed by atoms with Crippen LogP contribution in [0.5, 0.6) is 0 Å². The van der Waals surface area contributed by atoms with Gasteiger partial charge in [0.25, 0.3) is 0 Å². The first-order valence-corrected chi connectivity index (χ1v) is 8.39. The summed E-state index contributed by atoms with van der Waals surface area (Å²) in [5, 5.41) is 3.41. The molecule has 1 aliphatic heterocycles. The zero-order valence-corrected chi connectivity index (χ0v) is 14.9. The van der Waals surface area contributed by atoms with Crippen LogP contribution >= 0.6 is 0 Å². The third-order valence-electron chi connectivity index (χ3n) is 4.39. The van der Waals surface area contributed by atoms with Gasteiger partial charge in [-0.3, -0.25) is 0 Å². The minimum Gasteiger partial charge on any atom is -0.405 e. The van der Waals surface area contributed by atoms with E-state index < -0.39 is 7.12 Å². The van der Waals surface area contributed by atoms with Crippen molar-refractivity contribution >= 4 is 13.3 Å². The zero-order chi connectivity index (χ0) is 16.6. The summed E-state index contributed by atoms with van der Waals surface area (Å²) in [4.78, 5) is 3.26. The third kappa shape index (κ3) is 5.41. The van der Waals surface area contributed by atoms with Gasteiger partial charge in [-0.2, -0.15) is 0 Å². The lowest BCUT2D eigenvalue weighted by Crippen LogP contribution is -2.72. The summed E-state index contributed by atoms with van der Waals surface area (Å²) in [5.41, 5.74) is 5.85. The summed E-state index contributed by atoms with van der Waals surface area (Å²) in [6.07, 6.45) is 7.21. The fourth-order valence-electron chi connectivity index (χ4n) is 2.15. The van der Waals surface area contributed by atoms with Crippen LogP contribution < -0.4 is 16.0 Å². The molecule has 126 valence electrons. The molecule has 1 aliphatic rings. The van der Waals surface area contributed by atoms with Gasteiger partial charge in [-0.15, -0.1) is 0 Å². The lowest BCUT2D eigenvalue weighted by Gasteiger charge is -2.32. The fourth-order valence-corrected chi connectivity index (χ4v) is 2.15. The van der Waals surface area contributed by atoms with Crippen molar-refractivity contribution in [1.82, 2.24) is 5.32 Å². The summed E-state index contributed by atoms with van der Waals surface area (Å²) in [6, 6.07) is 0. The molecule has 1 rings (SSSR count). The Morgan fingerprint density at radius 1 is 1.14 bits per heavy atom. The van der Waals surface area contributed by atoms with Crippen LogP contribution in [0.1, 0.15) is 53.9 Å². The first-order chi connectivity index (χ1) is 10.3. The van der Waals surface area contributed by atoms with Crippen molar-refractivity contribution in [2.45, 2.75) is 65.1 Å². The van der Waals surface area contributed by atoms with E-state index in [2.05, 4.69) is 17.2 Å². The van der Waals surface area contributed by atoms with Crippen molar-refractivity contribution in [2.75, 3.05) is 19.6 Å². The standard InChI is InChI=1S/C16H32BN3O2/c1-6-7-8-9-19-10-11-20-13-14(12-18)17-21-15(2,3)16(4,5)22-17/h12-13,19H,6-11,18H2,1-5H3/p+1. The second-order valence-electron chi connectivity index (χ2n) is 6.81. The fraction of sp³-hybridized carbons (Fsp3) is 0.812. The van der Waals surface area contributed by atoms with Crippen molar-refractivity contribution in [2.24, 2.45) is 5.73 Å². The normalized spacial score (nSPS) is 21.0. The molecule has 0 atom stereocenters. The maximum absolute atomic E-state index is 5.98. The Balaban J connectivity index is 2.36. The Morgan fingerprint density at radius 2 is 1.77 bits per heavy atom. The molecule has 0 spiro atoms. The second kappa shape index (κ2) is 8.70. The summed E-state index contributed by atoms with van der Waals surface area (Å²) in [5.74, 6) is 0. The highest BCUT2D eigenvalue weighted by atomic mass is 16.7. The lowest BCUT2D eigenvalue weighted by atomic mass is 9.79. The number of allylic oxidation sites excluding steroid dienone is 1. The quantitative estimate of drug-likeness (QED) is 0.327. The van der Waals surface area contributed by atoms with E-state index in [4.69, 9.17) is 15.0 Å². The van der Waals surface area contributed by atoms with E-state index >= 15 is 0 Å². The first kappa shape index (κ1) is 19.2. The van der Waals surface area contributed by atoms with Crippen LogP contribution in [0.3, 0.4) is 0 Å². The predicted octanol–water partition coefficient (Wildman–Crippen LogP) is 0.392. The highest BCUT2D eigenvalue weighted by molar-refractivity contribution is 6.60. The summed E-state index contributed by atoms with van der Waals surface area (Å²) < 4.78 is 12.0. The van der Waals surface area contributed by atoms with Crippen molar-refractivity contribution in [1.29, 1.82) is 0 Å². The molecular weight excluding hydrogens is 277 g/mol. The Labute approximate surface area is 135 Å². The molecule has 0 unspecified atom stereocenters. The van der Waals surface area contributed by atoms with Crippen LogP contribution in [0.15, 0.2) is 11.7 Å². The van der Waals surface area contributed by atoms with Gasteiger partial charge >= 0.3 is 7.12 Å². The van der Waals surface area contributed by atoms with Crippen molar-refractivity contribution in [3.63, 3.8) is 0 Å². The molecule has 6 heteroatoms. The molecule has 0 aliphatic carbocycles. The van der Waals surface area contributed by atoms with E-state index in [1.807, 2.05) is 33.9 Å². The Bertz CT molecular complexity index is 379. The van der Waals surface area contributed by atoms with Crippen LogP contribution in [0.25, 0.3) is 0 Å². The van der Waals surface area contributed by atoms with E-state index in [0.29, 0.717) is 0 Å². The van der Waals surface area contributed by atoms with Crippen LogP contribution in [0, 0.1) is 0 Å². The molecule has 0 bridgehead atoms. The van der Waals surface area contributed by atoms with E-state index in [-0.39, 0.29) is 11.2 Å². The summed E-state index contributed by atoms with van der Waals surface area (Å²) in [7, 11) is -0.417. The summed E-state index contributed by atoms with van der Waals surface area (Å²) >= 11 is 0. The topological polar surface area (TPSA) is 70.5 Å². The molecule has 0 radical (unpaired) electrons. The largest absolute Gasteiger partial charge is 0.502 e. The molecule has 0 aromatic heterocycles. The Morgan fingerprint density at radius 3 is 2.32 bits per heavy atom. The maximum atomic E-state index is 5.98. The summed E-state index contributed by atoms with van der Waals surface area (Å²) in [6.45, 7) is 13.2. The average Bonchev–Trinajstić information content (AvgIpc) is 2.65. The van der Waals surface area contributed by atoms with Crippen LogP contribution in [0.4, 0.5) is 0 Å². The third-order valence-corrected chi connectivity index (χ3v) is 4.39. The van der Waals surface area contributed by atoms with Crippen molar-refractivity contribution in [3.8, 4) is 0 Å². The van der Waals surface area contributed by atoms with E-state index in [1.54, 1.807) is 6.20 Å².